The van der Waals surface area contributed by atoms with Gasteiger partial charge in [0, 0.05) is 4.90 Å². The van der Waals surface area contributed by atoms with E-state index in [9.17, 15) is 4.79 Å². The van der Waals surface area contributed by atoms with Crippen molar-refractivity contribution >= 4 is 23.9 Å². The maximum atomic E-state index is 11.3. The number of aryl methyl sites for hydroxylation is 1. The van der Waals surface area contributed by atoms with Crippen LogP contribution >= 0.6 is 11.8 Å². The molecule has 0 spiro atoms. The molecule has 1 aromatic heterocycles. The van der Waals surface area contributed by atoms with E-state index >= 15 is 0 Å². The highest BCUT2D eigenvalue weighted by atomic mass is 32.2. The van der Waals surface area contributed by atoms with Crippen LogP contribution in [0.2, 0.25) is 0 Å². The van der Waals surface area contributed by atoms with Crippen LogP contribution in [0.1, 0.15) is 11.3 Å². The number of aromatic nitrogens is 3. The minimum Gasteiger partial charge on any atom is -0.288 e. The number of nitrogens with zero attached hydrogens (tertiary/aromatic N) is 3. The van der Waals surface area contributed by atoms with Gasteiger partial charge in [0.1, 0.15) is 5.69 Å². The molecular formula is C12H13N5OS. The fourth-order valence-corrected chi connectivity index (χ4v) is 1.71. The number of nitrogens with one attached hydrogen (secondary N) is 2. The zero-order valence-electron chi connectivity index (χ0n) is 10.5. The molecule has 2 rings (SSSR count). The molecule has 6 nitrogen and oxygen atoms in total. The van der Waals surface area contributed by atoms with E-state index in [4.69, 9.17) is 0 Å². The molecule has 0 atom stereocenters. The fraction of sp³-hybridized carbons (Fsp3) is 0.167. The van der Waals surface area contributed by atoms with Gasteiger partial charge in [0.2, 0.25) is 5.95 Å². The van der Waals surface area contributed by atoms with Gasteiger partial charge >= 0.3 is 0 Å². The first-order chi connectivity index (χ1) is 9.19. The van der Waals surface area contributed by atoms with Crippen LogP contribution in [0, 0.1) is 6.92 Å². The van der Waals surface area contributed by atoms with E-state index in [0.717, 1.165) is 5.56 Å². The van der Waals surface area contributed by atoms with Crippen LogP contribution in [0.15, 0.2) is 39.1 Å². The van der Waals surface area contributed by atoms with Crippen molar-refractivity contribution in [3.05, 3.63) is 45.9 Å². The van der Waals surface area contributed by atoms with Crippen molar-refractivity contribution < 1.29 is 0 Å². The molecule has 0 unspecified atom stereocenters. The molecule has 1 aromatic carbocycles. The van der Waals surface area contributed by atoms with E-state index in [1.165, 1.54) is 4.90 Å². The highest BCUT2D eigenvalue weighted by Gasteiger charge is 1.97. The average molecular weight is 275 g/mol. The standard InChI is InChI=1S/C12H13N5OS/c1-8-11(18)14-12(17-15-8)16-13-7-9-3-5-10(19-2)6-4-9/h3-7H,1-2H3,(H2,14,16,17,18)/b13-7+. The van der Waals surface area contributed by atoms with Crippen LogP contribution in [-0.4, -0.2) is 27.7 Å². The molecule has 7 heteroatoms. The average Bonchev–Trinajstić information content (AvgIpc) is 2.43. The summed E-state index contributed by atoms with van der Waals surface area (Å²) in [5.74, 6) is 0.215. The Morgan fingerprint density at radius 1 is 1.32 bits per heavy atom. The lowest BCUT2D eigenvalue weighted by Crippen LogP contribution is -2.15. The van der Waals surface area contributed by atoms with E-state index in [0.29, 0.717) is 5.69 Å². The lowest BCUT2D eigenvalue weighted by molar-refractivity contribution is 0.897. The van der Waals surface area contributed by atoms with Crippen LogP contribution < -0.4 is 11.0 Å². The van der Waals surface area contributed by atoms with E-state index in [1.807, 2.05) is 30.5 Å². The zero-order valence-corrected chi connectivity index (χ0v) is 11.4. The van der Waals surface area contributed by atoms with E-state index in [1.54, 1.807) is 24.9 Å². The first kappa shape index (κ1) is 13.3. The normalized spacial score (nSPS) is 10.8. The molecule has 2 aromatic rings. The summed E-state index contributed by atoms with van der Waals surface area (Å²) >= 11 is 1.68. The van der Waals surface area contributed by atoms with Crippen LogP contribution in [0.25, 0.3) is 0 Å². The van der Waals surface area contributed by atoms with Crippen LogP contribution in [0.3, 0.4) is 0 Å². The van der Waals surface area contributed by atoms with Crippen molar-refractivity contribution in [1.82, 2.24) is 15.2 Å². The summed E-state index contributed by atoms with van der Waals surface area (Å²) in [6, 6.07) is 7.94. The Morgan fingerprint density at radius 2 is 2.05 bits per heavy atom. The predicted molar refractivity (Wildman–Crippen MR) is 76.8 cm³/mol. The molecular weight excluding hydrogens is 262 g/mol. The number of thioether (sulfide) groups is 1. The molecule has 0 radical (unpaired) electrons. The summed E-state index contributed by atoms with van der Waals surface area (Å²) in [5, 5.41) is 11.4. The zero-order chi connectivity index (χ0) is 13.7. The summed E-state index contributed by atoms with van der Waals surface area (Å²) in [7, 11) is 0. The number of rotatable bonds is 4. The minimum absolute atomic E-state index is 0.215. The van der Waals surface area contributed by atoms with Crippen LogP contribution in [-0.2, 0) is 0 Å². The molecule has 1 heterocycles. The number of aromatic amines is 1. The second-order valence-electron chi connectivity index (χ2n) is 3.73. The quantitative estimate of drug-likeness (QED) is 0.503. The highest BCUT2D eigenvalue weighted by Crippen LogP contribution is 2.13. The molecule has 0 aliphatic carbocycles. The molecule has 0 amide bonds. The number of H-pyrrole nitrogens is 1. The van der Waals surface area contributed by atoms with Gasteiger partial charge in [0.15, 0.2) is 0 Å². The number of hydrazone groups is 1. The van der Waals surface area contributed by atoms with E-state index in [2.05, 4.69) is 25.7 Å². The number of hydrogen-bond donors (Lipinski definition) is 2. The van der Waals surface area contributed by atoms with Gasteiger partial charge in [0.25, 0.3) is 5.56 Å². The monoisotopic (exact) mass is 275 g/mol. The molecule has 19 heavy (non-hydrogen) atoms. The van der Waals surface area contributed by atoms with Crippen LogP contribution in [0.5, 0.6) is 0 Å². The Labute approximate surface area is 114 Å². The number of benzene rings is 1. The van der Waals surface area contributed by atoms with Gasteiger partial charge in [-0.3, -0.25) is 9.78 Å². The maximum Gasteiger partial charge on any atom is 0.274 e. The van der Waals surface area contributed by atoms with Gasteiger partial charge in [-0.05, 0) is 30.9 Å². The van der Waals surface area contributed by atoms with Crippen molar-refractivity contribution in [3.63, 3.8) is 0 Å². The Balaban J connectivity index is 2.02. The highest BCUT2D eigenvalue weighted by molar-refractivity contribution is 7.98. The van der Waals surface area contributed by atoms with Gasteiger partial charge in [-0.15, -0.1) is 22.0 Å². The summed E-state index contributed by atoms with van der Waals surface area (Å²) in [6.45, 7) is 1.59. The van der Waals surface area contributed by atoms with Gasteiger partial charge in [0.05, 0.1) is 6.21 Å². The first-order valence-corrected chi connectivity index (χ1v) is 6.78. The van der Waals surface area contributed by atoms with Gasteiger partial charge in [-0.1, -0.05) is 12.1 Å². The third-order valence-corrected chi connectivity index (χ3v) is 3.10. The molecule has 2 N–H and O–H groups in total. The van der Waals surface area contributed by atoms with E-state index in [-0.39, 0.29) is 11.5 Å². The maximum absolute atomic E-state index is 11.3. The Bertz CT molecular complexity index is 635. The molecule has 0 fully saturated rings. The summed E-state index contributed by atoms with van der Waals surface area (Å²) in [5.41, 5.74) is 3.62. The van der Waals surface area contributed by atoms with Crippen molar-refractivity contribution in [1.29, 1.82) is 0 Å². The Kier molecular flexibility index (Phi) is 4.30. The third kappa shape index (κ3) is 3.65. The lowest BCUT2D eigenvalue weighted by atomic mass is 10.2. The fourth-order valence-electron chi connectivity index (χ4n) is 1.30. The lowest BCUT2D eigenvalue weighted by Gasteiger charge is -1.99. The topological polar surface area (TPSA) is 83.0 Å². The minimum atomic E-state index is -0.281. The molecule has 98 valence electrons. The van der Waals surface area contributed by atoms with Crippen LogP contribution in [0.4, 0.5) is 5.95 Å². The molecule has 0 bridgehead atoms. The Morgan fingerprint density at radius 3 is 2.68 bits per heavy atom. The second kappa shape index (κ2) is 6.14. The van der Waals surface area contributed by atoms with Gasteiger partial charge in [-0.2, -0.15) is 5.10 Å². The molecule has 0 saturated carbocycles. The van der Waals surface area contributed by atoms with Crippen molar-refractivity contribution in [2.45, 2.75) is 11.8 Å². The number of hydrogen-bond acceptors (Lipinski definition) is 6. The summed E-state index contributed by atoms with van der Waals surface area (Å²) in [6.07, 6.45) is 3.67. The smallest absolute Gasteiger partial charge is 0.274 e. The molecule has 0 saturated heterocycles. The van der Waals surface area contributed by atoms with Crippen molar-refractivity contribution in [2.24, 2.45) is 5.10 Å². The van der Waals surface area contributed by atoms with E-state index < -0.39 is 0 Å². The summed E-state index contributed by atoms with van der Waals surface area (Å²) < 4.78 is 0. The van der Waals surface area contributed by atoms with Gasteiger partial charge < -0.3 is 0 Å². The molecule has 0 aliphatic heterocycles. The van der Waals surface area contributed by atoms with Crippen molar-refractivity contribution in [3.8, 4) is 0 Å². The molecule has 0 aliphatic rings. The first-order valence-electron chi connectivity index (χ1n) is 5.56. The predicted octanol–water partition coefficient (Wildman–Crippen LogP) is 1.64. The van der Waals surface area contributed by atoms with Crippen molar-refractivity contribution in [2.75, 3.05) is 11.7 Å². The Hall–Kier alpha value is -2.15. The third-order valence-electron chi connectivity index (χ3n) is 2.36. The SMILES string of the molecule is CSc1ccc(/C=N/Nc2nnc(C)c(=O)[nH]2)cc1. The largest absolute Gasteiger partial charge is 0.288 e. The van der Waals surface area contributed by atoms with Gasteiger partial charge in [-0.25, -0.2) is 5.43 Å². The summed E-state index contributed by atoms with van der Waals surface area (Å²) in [4.78, 5) is 15.0. The second-order valence-corrected chi connectivity index (χ2v) is 4.61. The number of anilines is 1.